The second kappa shape index (κ2) is 8.63. The molecule has 0 fully saturated rings. The first kappa shape index (κ1) is 17.4. The smallest absolute Gasteiger partial charge is 0.173 e. The summed E-state index contributed by atoms with van der Waals surface area (Å²) in [5.41, 5.74) is 3.71. The number of para-hydroxylation sites is 1. The molecule has 0 radical (unpaired) electrons. The van der Waals surface area contributed by atoms with Crippen molar-refractivity contribution in [2.75, 3.05) is 11.9 Å². The van der Waals surface area contributed by atoms with Gasteiger partial charge < -0.3 is 10.2 Å². The minimum Gasteiger partial charge on any atom is -0.346 e. The molecule has 2 aromatic rings. The Morgan fingerprint density at radius 3 is 2.52 bits per heavy atom. The van der Waals surface area contributed by atoms with Gasteiger partial charge in [-0.25, -0.2) is 4.98 Å². The Balaban J connectivity index is 2.03. The van der Waals surface area contributed by atoms with E-state index in [1.54, 1.807) is 0 Å². The van der Waals surface area contributed by atoms with Gasteiger partial charge in [0.1, 0.15) is 0 Å². The summed E-state index contributed by atoms with van der Waals surface area (Å²) in [6, 6.07) is 12.9. The molecule has 0 atom stereocenters. The van der Waals surface area contributed by atoms with Gasteiger partial charge in [0.05, 0.1) is 0 Å². The van der Waals surface area contributed by atoms with Crippen molar-refractivity contribution in [2.45, 2.75) is 39.7 Å². The van der Waals surface area contributed by atoms with E-state index >= 15 is 0 Å². The molecule has 0 aliphatic carbocycles. The first-order valence-electron chi connectivity index (χ1n) is 8.22. The Kier molecular flexibility index (Phi) is 6.53. The van der Waals surface area contributed by atoms with Crippen LogP contribution in [0.1, 0.15) is 31.9 Å². The molecule has 0 spiro atoms. The van der Waals surface area contributed by atoms with Crippen molar-refractivity contribution < 1.29 is 4.98 Å². The highest BCUT2D eigenvalue weighted by molar-refractivity contribution is 7.80. The molecule has 0 amide bonds. The summed E-state index contributed by atoms with van der Waals surface area (Å²) in [6.07, 6.45) is 5.89. The lowest BCUT2D eigenvalue weighted by Crippen LogP contribution is -2.41. The van der Waals surface area contributed by atoms with E-state index < -0.39 is 0 Å². The highest BCUT2D eigenvalue weighted by atomic mass is 32.1. The minimum absolute atomic E-state index is 0.360. The van der Waals surface area contributed by atoms with E-state index in [1.807, 2.05) is 18.5 Å². The molecule has 23 heavy (non-hydrogen) atoms. The number of pyridine rings is 1. The third-order valence-electron chi connectivity index (χ3n) is 3.95. The van der Waals surface area contributed by atoms with Crippen LogP contribution in [0.25, 0.3) is 0 Å². The number of nitrogens with one attached hydrogen (secondary N) is 2. The molecule has 4 heteroatoms. The Bertz CT molecular complexity index is 626. The number of aryl methyl sites for hydroxylation is 1. The van der Waals surface area contributed by atoms with E-state index in [1.165, 1.54) is 11.1 Å². The van der Waals surface area contributed by atoms with Crippen LogP contribution in [0.2, 0.25) is 0 Å². The number of hydrogen-bond acceptors (Lipinski definition) is 1. The predicted molar refractivity (Wildman–Crippen MR) is 101 cm³/mol. The topological polar surface area (TPSA) is 29.4 Å². The maximum absolute atomic E-state index is 5.67. The number of rotatable bonds is 6. The van der Waals surface area contributed by atoms with Gasteiger partial charge in [0, 0.05) is 30.4 Å². The Hall–Kier alpha value is -1.94. The third-order valence-corrected chi connectivity index (χ3v) is 4.29. The summed E-state index contributed by atoms with van der Waals surface area (Å²) < 4.78 is 0. The Morgan fingerprint density at radius 1 is 1.17 bits per heavy atom. The molecule has 1 heterocycles. The van der Waals surface area contributed by atoms with Crippen LogP contribution in [-0.2, 0) is 12.8 Å². The van der Waals surface area contributed by atoms with E-state index in [0.717, 1.165) is 30.2 Å². The Labute approximate surface area is 144 Å². The lowest BCUT2D eigenvalue weighted by Gasteiger charge is -2.30. The van der Waals surface area contributed by atoms with Crippen molar-refractivity contribution in [1.29, 1.82) is 0 Å². The van der Waals surface area contributed by atoms with Gasteiger partial charge in [-0.1, -0.05) is 25.1 Å². The average Bonchev–Trinajstić information content (AvgIpc) is 2.56. The highest BCUT2D eigenvalue weighted by Gasteiger charge is 2.14. The van der Waals surface area contributed by atoms with E-state index in [4.69, 9.17) is 12.2 Å². The lowest BCUT2D eigenvalue weighted by molar-refractivity contribution is -0.378. The van der Waals surface area contributed by atoms with E-state index in [-0.39, 0.29) is 0 Å². The molecule has 122 valence electrons. The normalized spacial score (nSPS) is 10.6. The number of aromatic nitrogens is 1. The number of hydrogen-bond donors (Lipinski definition) is 1. The standard InChI is InChI=1S/C19H25N3S/c1-4-17-7-5-6-8-18(17)21-19(23)22(15(2)3)14-11-16-9-12-20-13-10-16/h5-10,12-13,15H,4,11,14H2,1-3H3,(H,21,23)/p+1. The summed E-state index contributed by atoms with van der Waals surface area (Å²) in [7, 11) is 0. The van der Waals surface area contributed by atoms with Gasteiger partial charge in [0.2, 0.25) is 0 Å². The zero-order valence-electron chi connectivity index (χ0n) is 14.2. The van der Waals surface area contributed by atoms with Crippen LogP contribution in [0.4, 0.5) is 5.69 Å². The van der Waals surface area contributed by atoms with Crippen molar-refractivity contribution in [3.8, 4) is 0 Å². The Morgan fingerprint density at radius 2 is 1.87 bits per heavy atom. The van der Waals surface area contributed by atoms with Crippen LogP contribution in [0.5, 0.6) is 0 Å². The van der Waals surface area contributed by atoms with Crippen LogP contribution < -0.4 is 10.3 Å². The van der Waals surface area contributed by atoms with Gasteiger partial charge in [-0.2, -0.15) is 0 Å². The van der Waals surface area contributed by atoms with Gasteiger partial charge in [0.25, 0.3) is 0 Å². The quantitative estimate of drug-likeness (QED) is 0.820. The number of aromatic amines is 1. The SMILES string of the molecule is CCc1ccccc1NC(=S)N(CCc1cc[nH+]cc1)C(C)C. The fourth-order valence-corrected chi connectivity index (χ4v) is 2.98. The zero-order chi connectivity index (χ0) is 16.7. The molecule has 1 aromatic heterocycles. The van der Waals surface area contributed by atoms with Gasteiger partial charge >= 0.3 is 0 Å². The summed E-state index contributed by atoms with van der Waals surface area (Å²) in [5, 5.41) is 4.23. The molecule has 0 unspecified atom stereocenters. The first-order chi connectivity index (χ1) is 11.1. The number of H-pyrrole nitrogens is 1. The number of anilines is 1. The fourth-order valence-electron chi connectivity index (χ4n) is 2.57. The average molecular weight is 329 g/mol. The summed E-state index contributed by atoms with van der Waals surface area (Å²) in [6.45, 7) is 7.43. The highest BCUT2D eigenvalue weighted by Crippen LogP contribution is 2.17. The maximum Gasteiger partial charge on any atom is 0.173 e. The lowest BCUT2D eigenvalue weighted by atomic mass is 10.1. The van der Waals surface area contributed by atoms with Crippen molar-refractivity contribution in [3.05, 3.63) is 59.9 Å². The van der Waals surface area contributed by atoms with E-state index in [0.29, 0.717) is 6.04 Å². The number of nitrogens with zero attached hydrogens (tertiary/aromatic N) is 1. The molecule has 0 saturated heterocycles. The van der Waals surface area contributed by atoms with Gasteiger partial charge in [-0.05, 0) is 56.1 Å². The van der Waals surface area contributed by atoms with Gasteiger partial charge in [-0.15, -0.1) is 0 Å². The van der Waals surface area contributed by atoms with Crippen molar-refractivity contribution in [1.82, 2.24) is 4.90 Å². The van der Waals surface area contributed by atoms with E-state index in [2.05, 4.69) is 66.3 Å². The molecule has 0 aliphatic rings. The van der Waals surface area contributed by atoms with Crippen LogP contribution in [-0.4, -0.2) is 22.6 Å². The molecule has 0 aliphatic heterocycles. The third kappa shape index (κ3) is 5.03. The van der Waals surface area contributed by atoms with Crippen LogP contribution in [0.3, 0.4) is 0 Å². The predicted octanol–water partition coefficient (Wildman–Crippen LogP) is 3.71. The van der Waals surface area contributed by atoms with E-state index in [9.17, 15) is 0 Å². The van der Waals surface area contributed by atoms with Crippen molar-refractivity contribution >= 4 is 23.0 Å². The monoisotopic (exact) mass is 328 g/mol. The number of benzene rings is 1. The second-order valence-corrected chi connectivity index (χ2v) is 6.27. The summed E-state index contributed by atoms with van der Waals surface area (Å²) in [4.78, 5) is 5.31. The maximum atomic E-state index is 5.67. The zero-order valence-corrected chi connectivity index (χ0v) is 15.0. The first-order valence-corrected chi connectivity index (χ1v) is 8.63. The molecule has 3 nitrogen and oxygen atoms in total. The molecule has 2 rings (SSSR count). The molecule has 2 N–H and O–H groups in total. The van der Waals surface area contributed by atoms with Crippen LogP contribution >= 0.6 is 12.2 Å². The van der Waals surface area contributed by atoms with Gasteiger partial charge in [0.15, 0.2) is 17.5 Å². The molecule has 0 bridgehead atoms. The van der Waals surface area contributed by atoms with Crippen LogP contribution in [0.15, 0.2) is 48.8 Å². The summed E-state index contributed by atoms with van der Waals surface area (Å²) in [5.74, 6) is 0. The fraction of sp³-hybridized carbons (Fsp3) is 0.368. The largest absolute Gasteiger partial charge is 0.346 e. The second-order valence-electron chi connectivity index (χ2n) is 5.89. The molecule has 0 saturated carbocycles. The molecule has 1 aromatic carbocycles. The van der Waals surface area contributed by atoms with Crippen molar-refractivity contribution in [3.63, 3.8) is 0 Å². The molecular formula is C19H26N3S+. The minimum atomic E-state index is 0.360. The van der Waals surface area contributed by atoms with Crippen LogP contribution in [0, 0.1) is 0 Å². The van der Waals surface area contributed by atoms with Crippen molar-refractivity contribution in [2.24, 2.45) is 0 Å². The van der Waals surface area contributed by atoms with Gasteiger partial charge in [-0.3, -0.25) is 0 Å². The number of thiocarbonyl (C=S) groups is 1. The summed E-state index contributed by atoms with van der Waals surface area (Å²) >= 11 is 5.67. The molecular weight excluding hydrogens is 302 g/mol.